The second kappa shape index (κ2) is 6.36. The molecule has 0 bridgehead atoms. The van der Waals surface area contributed by atoms with Crippen LogP contribution in [0.2, 0.25) is 0 Å². The Hall–Kier alpha value is -2.44. The molecule has 0 radical (unpaired) electrons. The average Bonchev–Trinajstić information content (AvgIpc) is 3.19. The van der Waals surface area contributed by atoms with E-state index < -0.39 is 17.7 Å². The highest BCUT2D eigenvalue weighted by molar-refractivity contribution is 5.75. The lowest BCUT2D eigenvalue weighted by Crippen LogP contribution is -2.41. The average molecular weight is 320 g/mol. The third kappa shape index (κ3) is 3.18. The number of likely N-dealkylation sites (tertiary alicyclic amines) is 1. The maximum absolute atomic E-state index is 13.6. The number of amides is 2. The quantitative estimate of drug-likeness (QED) is 0.945. The van der Waals surface area contributed by atoms with Gasteiger partial charge in [0.15, 0.2) is 11.6 Å². The molecular formula is C16H18F2N4O. The summed E-state index contributed by atoms with van der Waals surface area (Å²) in [6, 6.07) is 2.75. The number of halogens is 2. The summed E-state index contributed by atoms with van der Waals surface area (Å²) in [4.78, 5) is 18.4. The van der Waals surface area contributed by atoms with Crippen molar-refractivity contribution in [2.75, 3.05) is 13.1 Å². The van der Waals surface area contributed by atoms with Gasteiger partial charge in [-0.3, -0.25) is 0 Å². The largest absolute Gasteiger partial charge is 0.336 e. The Labute approximate surface area is 132 Å². The van der Waals surface area contributed by atoms with Gasteiger partial charge in [0.1, 0.15) is 11.9 Å². The van der Waals surface area contributed by atoms with Crippen molar-refractivity contribution in [1.82, 2.24) is 19.8 Å². The molecule has 1 N–H and O–H groups in total. The number of hydrogen-bond donors (Lipinski definition) is 1. The van der Waals surface area contributed by atoms with Crippen molar-refractivity contribution in [3.05, 3.63) is 53.6 Å². The van der Waals surface area contributed by atoms with Crippen LogP contribution in [0.5, 0.6) is 0 Å². The van der Waals surface area contributed by atoms with Crippen LogP contribution in [0.15, 0.2) is 30.6 Å². The molecule has 1 unspecified atom stereocenters. The van der Waals surface area contributed by atoms with Crippen LogP contribution in [-0.2, 0) is 7.05 Å². The van der Waals surface area contributed by atoms with E-state index in [1.165, 1.54) is 6.07 Å². The number of carbonyl (C=O) groups is 1. The van der Waals surface area contributed by atoms with E-state index in [-0.39, 0.29) is 6.03 Å². The summed E-state index contributed by atoms with van der Waals surface area (Å²) in [5, 5.41) is 2.88. The van der Waals surface area contributed by atoms with Gasteiger partial charge in [0.2, 0.25) is 0 Å². The first kappa shape index (κ1) is 15.5. The van der Waals surface area contributed by atoms with Gasteiger partial charge in [-0.2, -0.15) is 0 Å². The highest BCUT2D eigenvalue weighted by Gasteiger charge is 2.25. The lowest BCUT2D eigenvalue weighted by atomic mass is 10.1. The smallest absolute Gasteiger partial charge is 0.318 e. The minimum absolute atomic E-state index is 0.222. The molecule has 1 fully saturated rings. The summed E-state index contributed by atoms with van der Waals surface area (Å²) in [6.45, 7) is 1.41. The molecule has 2 aromatic rings. The minimum Gasteiger partial charge on any atom is -0.336 e. The molecule has 2 heterocycles. The lowest BCUT2D eigenvalue weighted by molar-refractivity contribution is 0.205. The van der Waals surface area contributed by atoms with Crippen LogP contribution < -0.4 is 5.32 Å². The molecule has 1 aromatic carbocycles. The van der Waals surface area contributed by atoms with Gasteiger partial charge in [0, 0.05) is 32.5 Å². The van der Waals surface area contributed by atoms with Crippen molar-refractivity contribution in [3.63, 3.8) is 0 Å². The van der Waals surface area contributed by atoms with Crippen molar-refractivity contribution in [2.45, 2.75) is 18.9 Å². The number of rotatable bonds is 3. The highest BCUT2D eigenvalue weighted by atomic mass is 19.2. The number of urea groups is 1. The number of aryl methyl sites for hydroxylation is 1. The zero-order chi connectivity index (χ0) is 16.4. The highest BCUT2D eigenvalue weighted by Crippen LogP contribution is 2.23. The Bertz CT molecular complexity index is 710. The number of carbonyl (C=O) groups excluding carboxylic acids is 1. The Morgan fingerprint density at radius 3 is 2.61 bits per heavy atom. The second-order valence-corrected chi connectivity index (χ2v) is 5.65. The fourth-order valence-electron chi connectivity index (χ4n) is 2.78. The molecule has 1 aromatic heterocycles. The van der Waals surface area contributed by atoms with Crippen LogP contribution in [0, 0.1) is 11.6 Å². The summed E-state index contributed by atoms with van der Waals surface area (Å²) >= 11 is 0. The SMILES string of the molecule is Cn1ccnc1C(NC(=O)N1CCCC1)c1ccc(F)c(F)c1. The fraction of sp³-hybridized carbons (Fsp3) is 0.375. The zero-order valence-electron chi connectivity index (χ0n) is 12.8. The first-order valence-electron chi connectivity index (χ1n) is 7.54. The summed E-state index contributed by atoms with van der Waals surface area (Å²) < 4.78 is 28.5. The third-order valence-corrected chi connectivity index (χ3v) is 4.05. The first-order chi connectivity index (χ1) is 11.1. The van der Waals surface area contributed by atoms with Gasteiger partial charge < -0.3 is 14.8 Å². The minimum atomic E-state index is -0.947. The van der Waals surface area contributed by atoms with Crippen molar-refractivity contribution in [2.24, 2.45) is 7.05 Å². The molecule has 122 valence electrons. The van der Waals surface area contributed by atoms with Gasteiger partial charge in [-0.1, -0.05) is 6.07 Å². The lowest BCUT2D eigenvalue weighted by Gasteiger charge is -2.23. The van der Waals surface area contributed by atoms with E-state index >= 15 is 0 Å². The van der Waals surface area contributed by atoms with Crippen molar-refractivity contribution in [1.29, 1.82) is 0 Å². The Morgan fingerprint density at radius 2 is 2.00 bits per heavy atom. The summed E-state index contributed by atoms with van der Waals surface area (Å²) in [6.07, 6.45) is 5.30. The predicted octanol–water partition coefficient (Wildman–Crippen LogP) is 2.59. The van der Waals surface area contributed by atoms with Crippen LogP contribution in [0.25, 0.3) is 0 Å². The molecule has 7 heteroatoms. The van der Waals surface area contributed by atoms with E-state index in [9.17, 15) is 13.6 Å². The maximum Gasteiger partial charge on any atom is 0.318 e. The van der Waals surface area contributed by atoms with E-state index in [1.54, 1.807) is 28.9 Å². The van der Waals surface area contributed by atoms with E-state index in [0.717, 1.165) is 25.0 Å². The Balaban J connectivity index is 1.91. The molecule has 0 spiro atoms. The molecule has 1 saturated heterocycles. The molecule has 1 aliphatic heterocycles. The monoisotopic (exact) mass is 320 g/mol. The number of nitrogens with one attached hydrogen (secondary N) is 1. The van der Waals surface area contributed by atoms with Crippen molar-refractivity contribution in [3.8, 4) is 0 Å². The van der Waals surface area contributed by atoms with Gasteiger partial charge >= 0.3 is 6.03 Å². The molecule has 1 aliphatic rings. The van der Waals surface area contributed by atoms with Crippen LogP contribution in [0.1, 0.15) is 30.3 Å². The fourth-order valence-corrected chi connectivity index (χ4v) is 2.78. The third-order valence-electron chi connectivity index (χ3n) is 4.05. The van der Waals surface area contributed by atoms with E-state index in [4.69, 9.17) is 0 Å². The topological polar surface area (TPSA) is 50.2 Å². The van der Waals surface area contributed by atoms with E-state index in [0.29, 0.717) is 24.5 Å². The summed E-state index contributed by atoms with van der Waals surface area (Å²) in [7, 11) is 1.79. The molecular weight excluding hydrogens is 302 g/mol. The first-order valence-corrected chi connectivity index (χ1v) is 7.54. The molecule has 0 aliphatic carbocycles. The van der Waals surface area contributed by atoms with Crippen LogP contribution in [0.4, 0.5) is 13.6 Å². The Morgan fingerprint density at radius 1 is 1.26 bits per heavy atom. The summed E-state index contributed by atoms with van der Waals surface area (Å²) in [5.74, 6) is -1.31. The standard InChI is InChI=1S/C16H18F2N4O/c1-21-9-6-19-15(21)14(11-4-5-12(17)13(18)10-11)20-16(23)22-7-2-3-8-22/h4-6,9-10,14H,2-3,7-8H2,1H3,(H,20,23). The predicted molar refractivity (Wildman–Crippen MR) is 80.7 cm³/mol. The van der Waals surface area contributed by atoms with E-state index in [2.05, 4.69) is 10.3 Å². The van der Waals surface area contributed by atoms with Gasteiger partial charge in [0.25, 0.3) is 0 Å². The van der Waals surface area contributed by atoms with Crippen LogP contribution in [-0.4, -0.2) is 33.6 Å². The van der Waals surface area contributed by atoms with Crippen LogP contribution >= 0.6 is 0 Å². The van der Waals surface area contributed by atoms with Crippen molar-refractivity contribution < 1.29 is 13.6 Å². The van der Waals surface area contributed by atoms with Crippen molar-refractivity contribution >= 4 is 6.03 Å². The molecule has 2 amide bonds. The number of nitrogens with zero attached hydrogens (tertiary/aromatic N) is 3. The normalized spacial score (nSPS) is 15.7. The molecule has 1 atom stereocenters. The molecule has 23 heavy (non-hydrogen) atoms. The molecule has 3 rings (SSSR count). The van der Waals surface area contributed by atoms with Crippen LogP contribution in [0.3, 0.4) is 0 Å². The summed E-state index contributed by atoms with van der Waals surface area (Å²) in [5.41, 5.74) is 0.450. The number of aromatic nitrogens is 2. The molecule has 0 saturated carbocycles. The number of benzene rings is 1. The second-order valence-electron chi connectivity index (χ2n) is 5.65. The van der Waals surface area contributed by atoms with Gasteiger partial charge in [0.05, 0.1) is 0 Å². The number of imidazole rings is 1. The van der Waals surface area contributed by atoms with E-state index in [1.807, 2.05) is 0 Å². The van der Waals surface area contributed by atoms with Gasteiger partial charge in [-0.25, -0.2) is 18.6 Å². The molecule has 5 nitrogen and oxygen atoms in total. The van der Waals surface area contributed by atoms with Gasteiger partial charge in [-0.05, 0) is 30.5 Å². The number of hydrogen-bond acceptors (Lipinski definition) is 2. The Kier molecular flexibility index (Phi) is 4.27. The zero-order valence-corrected chi connectivity index (χ0v) is 12.8. The maximum atomic E-state index is 13.6. The van der Waals surface area contributed by atoms with Gasteiger partial charge in [-0.15, -0.1) is 0 Å².